The molecule has 2 heterocycles. The third-order valence-corrected chi connectivity index (χ3v) is 4.91. The van der Waals surface area contributed by atoms with Crippen LogP contribution in [0.3, 0.4) is 0 Å². The van der Waals surface area contributed by atoms with E-state index in [4.69, 9.17) is 13.9 Å². The standard InChI is InChI=1S/C22H28N2O5/c1-14-11-24(12-15(2)28-14)13-17-5-7-18(8-6-17)21(25)23-10-19-9-20(16(3)29-19)22(26)27-4/h5-9,14-15H,10-13H2,1-4H3,(H,23,25). The average molecular weight is 400 g/mol. The largest absolute Gasteiger partial charge is 0.465 e. The fourth-order valence-corrected chi connectivity index (χ4v) is 3.65. The molecular weight excluding hydrogens is 372 g/mol. The molecule has 29 heavy (non-hydrogen) atoms. The third-order valence-electron chi connectivity index (χ3n) is 4.91. The minimum atomic E-state index is -0.455. The van der Waals surface area contributed by atoms with E-state index in [1.54, 1.807) is 13.0 Å². The highest BCUT2D eigenvalue weighted by Gasteiger charge is 2.22. The summed E-state index contributed by atoms with van der Waals surface area (Å²) in [6.07, 6.45) is 0.461. The van der Waals surface area contributed by atoms with Gasteiger partial charge < -0.3 is 19.2 Å². The summed E-state index contributed by atoms with van der Waals surface area (Å²) >= 11 is 0. The number of esters is 1. The van der Waals surface area contributed by atoms with Crippen LogP contribution < -0.4 is 5.32 Å². The second kappa shape index (κ2) is 9.24. The molecule has 1 N–H and O–H groups in total. The summed E-state index contributed by atoms with van der Waals surface area (Å²) in [5, 5.41) is 2.81. The van der Waals surface area contributed by atoms with Crippen LogP contribution in [0.5, 0.6) is 0 Å². The van der Waals surface area contributed by atoms with E-state index in [0.717, 1.165) is 25.2 Å². The van der Waals surface area contributed by atoms with Gasteiger partial charge in [-0.2, -0.15) is 0 Å². The summed E-state index contributed by atoms with van der Waals surface area (Å²) in [6.45, 7) is 8.71. The Kier molecular flexibility index (Phi) is 6.71. The minimum absolute atomic E-state index is 0.196. The number of morpholine rings is 1. The molecule has 156 valence electrons. The zero-order valence-corrected chi connectivity index (χ0v) is 17.4. The molecule has 0 bridgehead atoms. The van der Waals surface area contributed by atoms with Gasteiger partial charge in [0, 0.05) is 25.2 Å². The van der Waals surface area contributed by atoms with Crippen LogP contribution in [0, 0.1) is 6.92 Å². The molecule has 1 aliphatic rings. The van der Waals surface area contributed by atoms with Gasteiger partial charge in [0.05, 0.1) is 25.9 Å². The van der Waals surface area contributed by atoms with Crippen LogP contribution in [0.2, 0.25) is 0 Å². The maximum Gasteiger partial charge on any atom is 0.341 e. The van der Waals surface area contributed by atoms with Crippen LogP contribution in [-0.2, 0) is 22.6 Å². The fourth-order valence-electron chi connectivity index (χ4n) is 3.65. The molecule has 3 rings (SSSR count). The Morgan fingerprint density at radius 3 is 2.45 bits per heavy atom. The Morgan fingerprint density at radius 2 is 1.83 bits per heavy atom. The molecule has 7 nitrogen and oxygen atoms in total. The van der Waals surface area contributed by atoms with Crippen LogP contribution in [0.4, 0.5) is 0 Å². The number of ether oxygens (including phenoxy) is 2. The first-order valence-electron chi connectivity index (χ1n) is 9.78. The van der Waals surface area contributed by atoms with Gasteiger partial charge in [0.1, 0.15) is 17.1 Å². The van der Waals surface area contributed by atoms with E-state index in [0.29, 0.717) is 22.6 Å². The van der Waals surface area contributed by atoms with E-state index in [9.17, 15) is 9.59 Å². The predicted octanol–water partition coefficient (Wildman–Crippen LogP) is 2.91. The average Bonchev–Trinajstić information content (AvgIpc) is 3.06. The van der Waals surface area contributed by atoms with E-state index in [-0.39, 0.29) is 24.7 Å². The number of aryl methyl sites for hydroxylation is 1. The van der Waals surface area contributed by atoms with Gasteiger partial charge in [-0.15, -0.1) is 0 Å². The molecule has 0 saturated carbocycles. The van der Waals surface area contributed by atoms with Gasteiger partial charge in [0.15, 0.2) is 0 Å². The zero-order chi connectivity index (χ0) is 21.0. The Balaban J connectivity index is 1.54. The van der Waals surface area contributed by atoms with E-state index >= 15 is 0 Å². The molecule has 1 fully saturated rings. The molecule has 1 aliphatic heterocycles. The van der Waals surface area contributed by atoms with Crippen molar-refractivity contribution < 1.29 is 23.5 Å². The predicted molar refractivity (Wildman–Crippen MR) is 108 cm³/mol. The summed E-state index contributed by atoms with van der Waals surface area (Å²) in [5.74, 6) is 0.322. The monoisotopic (exact) mass is 400 g/mol. The smallest absolute Gasteiger partial charge is 0.341 e. The molecule has 2 aromatic rings. The SMILES string of the molecule is COC(=O)c1cc(CNC(=O)c2ccc(CN3CC(C)OC(C)C3)cc2)oc1C. The number of nitrogens with zero attached hydrogens (tertiary/aromatic N) is 1. The molecule has 1 aromatic carbocycles. The lowest BCUT2D eigenvalue weighted by atomic mass is 10.1. The molecular formula is C22H28N2O5. The van der Waals surface area contributed by atoms with Gasteiger partial charge in [0.2, 0.25) is 0 Å². The van der Waals surface area contributed by atoms with E-state index in [1.807, 2.05) is 24.3 Å². The number of carbonyl (C=O) groups excluding carboxylic acids is 2. The van der Waals surface area contributed by atoms with Gasteiger partial charge in [0.25, 0.3) is 5.91 Å². The van der Waals surface area contributed by atoms with Crippen molar-refractivity contribution in [2.75, 3.05) is 20.2 Å². The Morgan fingerprint density at radius 1 is 1.17 bits per heavy atom. The van der Waals surface area contributed by atoms with Crippen molar-refractivity contribution in [1.29, 1.82) is 0 Å². The Bertz CT molecular complexity index is 849. The van der Waals surface area contributed by atoms with Crippen LogP contribution in [0.15, 0.2) is 34.7 Å². The highest BCUT2D eigenvalue weighted by molar-refractivity contribution is 5.94. The van der Waals surface area contributed by atoms with Gasteiger partial charge in [-0.1, -0.05) is 12.1 Å². The topological polar surface area (TPSA) is 81.0 Å². The van der Waals surface area contributed by atoms with Crippen LogP contribution in [-0.4, -0.2) is 49.2 Å². The van der Waals surface area contributed by atoms with Crippen molar-refractivity contribution in [3.8, 4) is 0 Å². The van der Waals surface area contributed by atoms with Gasteiger partial charge in [-0.3, -0.25) is 9.69 Å². The number of furan rings is 1. The number of carbonyl (C=O) groups is 2. The van der Waals surface area contributed by atoms with Gasteiger partial charge in [-0.05, 0) is 44.5 Å². The van der Waals surface area contributed by atoms with Crippen molar-refractivity contribution in [2.24, 2.45) is 0 Å². The Labute approximate surface area is 171 Å². The summed E-state index contributed by atoms with van der Waals surface area (Å²) < 4.78 is 16.0. The van der Waals surface area contributed by atoms with Crippen molar-refractivity contribution in [3.63, 3.8) is 0 Å². The lowest BCUT2D eigenvalue weighted by Crippen LogP contribution is -2.44. The number of rotatable bonds is 6. The molecule has 0 radical (unpaired) electrons. The van der Waals surface area contributed by atoms with Crippen LogP contribution >= 0.6 is 0 Å². The Hall–Kier alpha value is -2.64. The van der Waals surface area contributed by atoms with Crippen molar-refractivity contribution in [2.45, 2.75) is 46.1 Å². The molecule has 2 unspecified atom stereocenters. The maximum atomic E-state index is 12.4. The highest BCUT2D eigenvalue weighted by atomic mass is 16.5. The first kappa shape index (κ1) is 21.1. The number of methoxy groups -OCH3 is 1. The molecule has 1 saturated heterocycles. The number of amides is 1. The zero-order valence-electron chi connectivity index (χ0n) is 17.4. The maximum absolute atomic E-state index is 12.4. The summed E-state index contributed by atoms with van der Waals surface area (Å²) in [5.41, 5.74) is 2.11. The molecule has 0 aliphatic carbocycles. The second-order valence-corrected chi connectivity index (χ2v) is 7.51. The van der Waals surface area contributed by atoms with E-state index < -0.39 is 5.97 Å². The van der Waals surface area contributed by atoms with E-state index in [2.05, 4.69) is 24.1 Å². The van der Waals surface area contributed by atoms with E-state index in [1.165, 1.54) is 7.11 Å². The summed E-state index contributed by atoms with van der Waals surface area (Å²) in [6, 6.07) is 9.20. The van der Waals surface area contributed by atoms with Crippen molar-refractivity contribution in [3.05, 3.63) is 58.5 Å². The number of hydrogen-bond donors (Lipinski definition) is 1. The molecule has 1 amide bonds. The number of benzene rings is 1. The van der Waals surface area contributed by atoms with Crippen molar-refractivity contribution in [1.82, 2.24) is 10.2 Å². The quantitative estimate of drug-likeness (QED) is 0.751. The van der Waals surface area contributed by atoms with Crippen LogP contribution in [0.1, 0.15) is 51.6 Å². The second-order valence-electron chi connectivity index (χ2n) is 7.51. The first-order valence-corrected chi connectivity index (χ1v) is 9.78. The van der Waals surface area contributed by atoms with Crippen LogP contribution in [0.25, 0.3) is 0 Å². The van der Waals surface area contributed by atoms with Gasteiger partial charge in [-0.25, -0.2) is 4.79 Å². The normalized spacial score (nSPS) is 19.7. The lowest BCUT2D eigenvalue weighted by Gasteiger charge is -2.35. The highest BCUT2D eigenvalue weighted by Crippen LogP contribution is 2.17. The summed E-state index contributed by atoms with van der Waals surface area (Å²) in [4.78, 5) is 26.4. The molecule has 1 aromatic heterocycles. The minimum Gasteiger partial charge on any atom is -0.465 e. The fraction of sp³-hybridized carbons (Fsp3) is 0.455. The van der Waals surface area contributed by atoms with Crippen molar-refractivity contribution >= 4 is 11.9 Å². The first-order chi connectivity index (χ1) is 13.9. The summed E-state index contributed by atoms with van der Waals surface area (Å²) in [7, 11) is 1.32. The number of hydrogen-bond acceptors (Lipinski definition) is 6. The molecule has 7 heteroatoms. The number of nitrogens with one attached hydrogen (secondary N) is 1. The lowest BCUT2D eigenvalue weighted by molar-refractivity contribution is -0.0704. The third kappa shape index (κ3) is 5.46. The van der Waals surface area contributed by atoms with Gasteiger partial charge >= 0.3 is 5.97 Å². The molecule has 0 spiro atoms. The molecule has 2 atom stereocenters.